The molecule has 2 aliphatic heterocycles. The van der Waals surface area contributed by atoms with Gasteiger partial charge in [-0.15, -0.1) is 11.8 Å². The molecule has 0 saturated carbocycles. The van der Waals surface area contributed by atoms with Crippen molar-refractivity contribution in [1.82, 2.24) is 10.2 Å². The van der Waals surface area contributed by atoms with Gasteiger partial charge in [0.05, 0.1) is 0 Å². The van der Waals surface area contributed by atoms with E-state index in [4.69, 9.17) is 0 Å². The first-order valence-corrected chi connectivity index (χ1v) is 8.70. The molecule has 4 heteroatoms. The number of fused-ring (bicyclic) bond motifs is 1. The van der Waals surface area contributed by atoms with E-state index in [1.54, 1.807) is 17.8 Å². The minimum Gasteiger partial charge on any atom is -0.309 e. The number of benzene rings is 1. The smallest absolute Gasteiger partial charge is 0.137 e. The molecule has 1 unspecified atom stereocenters. The molecule has 1 N–H and O–H groups in total. The number of hydrogen-bond acceptors (Lipinski definition) is 3. The maximum atomic E-state index is 13.8. The molecule has 0 radical (unpaired) electrons. The minimum atomic E-state index is -0.0602. The summed E-state index contributed by atoms with van der Waals surface area (Å²) in [6.07, 6.45) is 5.17. The topological polar surface area (TPSA) is 15.3 Å². The van der Waals surface area contributed by atoms with Crippen molar-refractivity contribution in [3.63, 3.8) is 0 Å². The standard InChI is InChI=1S/C16H23FN2S/c17-14-6-4-5-13-15(7-12-20-16(13)14)18-8-11-19-9-2-1-3-10-19/h4-6,15,18H,1-3,7-12H2. The van der Waals surface area contributed by atoms with Crippen molar-refractivity contribution in [2.24, 2.45) is 0 Å². The van der Waals surface area contributed by atoms with Crippen LogP contribution in [0.25, 0.3) is 0 Å². The summed E-state index contributed by atoms with van der Waals surface area (Å²) >= 11 is 1.66. The maximum Gasteiger partial charge on any atom is 0.137 e. The second kappa shape index (κ2) is 6.92. The molecular formula is C16H23FN2S. The Morgan fingerprint density at radius 2 is 2.10 bits per heavy atom. The minimum absolute atomic E-state index is 0.0602. The van der Waals surface area contributed by atoms with E-state index in [0.29, 0.717) is 6.04 Å². The van der Waals surface area contributed by atoms with Crippen molar-refractivity contribution in [2.45, 2.75) is 36.6 Å². The van der Waals surface area contributed by atoms with Gasteiger partial charge in [-0.2, -0.15) is 0 Å². The molecule has 0 spiro atoms. The summed E-state index contributed by atoms with van der Waals surface area (Å²) in [5.41, 5.74) is 1.15. The lowest BCUT2D eigenvalue weighted by Gasteiger charge is -2.29. The van der Waals surface area contributed by atoms with Crippen LogP contribution < -0.4 is 5.32 Å². The lowest BCUT2D eigenvalue weighted by Crippen LogP contribution is -2.37. The predicted molar refractivity (Wildman–Crippen MR) is 82.8 cm³/mol. The highest BCUT2D eigenvalue weighted by molar-refractivity contribution is 7.99. The number of nitrogens with zero attached hydrogens (tertiary/aromatic N) is 1. The van der Waals surface area contributed by atoms with Crippen molar-refractivity contribution in [1.29, 1.82) is 0 Å². The fourth-order valence-electron chi connectivity index (χ4n) is 3.18. The third-order valence-electron chi connectivity index (χ3n) is 4.29. The zero-order chi connectivity index (χ0) is 13.8. The summed E-state index contributed by atoms with van der Waals surface area (Å²) in [5, 5.41) is 3.63. The van der Waals surface area contributed by atoms with Gasteiger partial charge in [-0.1, -0.05) is 18.6 Å². The molecular weight excluding hydrogens is 271 g/mol. The lowest BCUT2D eigenvalue weighted by molar-refractivity contribution is 0.225. The number of hydrogen-bond donors (Lipinski definition) is 1. The third kappa shape index (κ3) is 3.35. The van der Waals surface area contributed by atoms with E-state index in [-0.39, 0.29) is 5.82 Å². The molecule has 2 heterocycles. The number of likely N-dealkylation sites (tertiary alicyclic amines) is 1. The second-order valence-corrected chi connectivity index (χ2v) is 6.81. The first kappa shape index (κ1) is 14.4. The van der Waals surface area contributed by atoms with Gasteiger partial charge < -0.3 is 10.2 Å². The Labute approximate surface area is 125 Å². The molecule has 20 heavy (non-hydrogen) atoms. The molecule has 110 valence electrons. The normalized spacial score (nSPS) is 23.6. The van der Waals surface area contributed by atoms with E-state index >= 15 is 0 Å². The van der Waals surface area contributed by atoms with Crippen LogP contribution in [0.15, 0.2) is 23.1 Å². The van der Waals surface area contributed by atoms with Crippen LogP contribution in [-0.2, 0) is 0 Å². The fourth-order valence-corrected chi connectivity index (χ4v) is 4.32. The van der Waals surface area contributed by atoms with Crippen LogP contribution in [0.1, 0.15) is 37.3 Å². The van der Waals surface area contributed by atoms with E-state index in [9.17, 15) is 4.39 Å². The van der Waals surface area contributed by atoms with Gasteiger partial charge in [0.2, 0.25) is 0 Å². The second-order valence-electron chi connectivity index (χ2n) is 5.70. The fraction of sp³-hybridized carbons (Fsp3) is 0.625. The summed E-state index contributed by atoms with van der Waals surface area (Å²) in [4.78, 5) is 3.40. The maximum absolute atomic E-state index is 13.8. The monoisotopic (exact) mass is 294 g/mol. The van der Waals surface area contributed by atoms with E-state index in [1.165, 1.54) is 32.4 Å². The highest BCUT2D eigenvalue weighted by Crippen LogP contribution is 2.37. The molecule has 3 rings (SSSR count). The first-order valence-electron chi connectivity index (χ1n) is 7.71. The van der Waals surface area contributed by atoms with Gasteiger partial charge in [0.25, 0.3) is 0 Å². The largest absolute Gasteiger partial charge is 0.309 e. The Balaban J connectivity index is 1.55. The van der Waals surface area contributed by atoms with E-state index in [0.717, 1.165) is 35.7 Å². The van der Waals surface area contributed by atoms with Crippen molar-refractivity contribution in [3.8, 4) is 0 Å². The van der Waals surface area contributed by atoms with Crippen LogP contribution in [0.4, 0.5) is 4.39 Å². The molecule has 1 atom stereocenters. The summed E-state index contributed by atoms with van der Waals surface area (Å²) in [5.74, 6) is 0.949. The van der Waals surface area contributed by atoms with Crippen LogP contribution in [0.5, 0.6) is 0 Å². The Hall–Kier alpha value is -0.580. The van der Waals surface area contributed by atoms with Gasteiger partial charge in [-0.3, -0.25) is 0 Å². The van der Waals surface area contributed by atoms with Crippen molar-refractivity contribution in [2.75, 3.05) is 31.9 Å². The zero-order valence-corrected chi connectivity index (χ0v) is 12.7. The lowest BCUT2D eigenvalue weighted by atomic mass is 10.0. The van der Waals surface area contributed by atoms with Crippen molar-refractivity contribution in [3.05, 3.63) is 29.6 Å². The van der Waals surface area contributed by atoms with Crippen LogP contribution in [0.2, 0.25) is 0 Å². The summed E-state index contributed by atoms with van der Waals surface area (Å²) in [6.45, 7) is 4.61. The SMILES string of the molecule is Fc1cccc2c1SCCC2NCCN1CCCCC1. The quantitative estimate of drug-likeness (QED) is 0.916. The molecule has 1 saturated heterocycles. The number of thioether (sulfide) groups is 1. The van der Waals surface area contributed by atoms with Gasteiger partial charge in [-0.05, 0) is 49.7 Å². The molecule has 2 aliphatic rings. The summed E-state index contributed by atoms with van der Waals surface area (Å²) in [6, 6.07) is 5.80. The van der Waals surface area contributed by atoms with Crippen LogP contribution in [0, 0.1) is 5.82 Å². The van der Waals surface area contributed by atoms with Gasteiger partial charge in [0, 0.05) is 24.0 Å². The number of halogens is 1. The molecule has 0 amide bonds. The van der Waals surface area contributed by atoms with Crippen LogP contribution in [-0.4, -0.2) is 36.8 Å². The molecule has 0 aromatic heterocycles. The van der Waals surface area contributed by atoms with Crippen LogP contribution >= 0.6 is 11.8 Å². The Morgan fingerprint density at radius 3 is 2.95 bits per heavy atom. The van der Waals surface area contributed by atoms with Gasteiger partial charge >= 0.3 is 0 Å². The molecule has 1 aromatic rings. The molecule has 1 aromatic carbocycles. The van der Waals surface area contributed by atoms with Gasteiger partial charge in [0.15, 0.2) is 0 Å². The molecule has 0 aliphatic carbocycles. The number of nitrogens with one attached hydrogen (secondary N) is 1. The first-order chi connectivity index (χ1) is 9.84. The van der Waals surface area contributed by atoms with Crippen molar-refractivity contribution >= 4 is 11.8 Å². The number of rotatable bonds is 4. The van der Waals surface area contributed by atoms with Gasteiger partial charge in [0.1, 0.15) is 5.82 Å². The highest BCUT2D eigenvalue weighted by atomic mass is 32.2. The summed E-state index contributed by atoms with van der Waals surface area (Å²) in [7, 11) is 0. The molecule has 2 nitrogen and oxygen atoms in total. The molecule has 0 bridgehead atoms. The van der Waals surface area contributed by atoms with Gasteiger partial charge in [-0.25, -0.2) is 4.39 Å². The zero-order valence-electron chi connectivity index (χ0n) is 11.9. The Morgan fingerprint density at radius 1 is 1.25 bits per heavy atom. The molecule has 1 fully saturated rings. The Bertz CT molecular complexity index is 446. The average Bonchev–Trinajstić information content (AvgIpc) is 2.49. The Kier molecular flexibility index (Phi) is 4.97. The van der Waals surface area contributed by atoms with E-state index in [2.05, 4.69) is 16.3 Å². The van der Waals surface area contributed by atoms with Crippen molar-refractivity contribution < 1.29 is 4.39 Å². The third-order valence-corrected chi connectivity index (χ3v) is 5.45. The van der Waals surface area contributed by atoms with Crippen LogP contribution in [0.3, 0.4) is 0 Å². The predicted octanol–water partition coefficient (Wildman–Crippen LogP) is 3.44. The van der Waals surface area contributed by atoms with E-state index < -0.39 is 0 Å². The summed E-state index contributed by atoms with van der Waals surface area (Å²) < 4.78 is 13.8. The van der Waals surface area contributed by atoms with E-state index in [1.807, 2.05) is 6.07 Å². The number of piperidine rings is 1. The average molecular weight is 294 g/mol. The highest BCUT2D eigenvalue weighted by Gasteiger charge is 2.22.